The standard InChI is InChI=1S/C12H11N3O2/c1-8-2-4-9(5-3-8)11(16)14-12(17)15-7-10(15)6-13/h2-5,10H,7H2,1H3,(H,14,16,17). The van der Waals surface area contributed by atoms with Crippen LogP contribution >= 0.6 is 0 Å². The maximum absolute atomic E-state index is 11.7. The van der Waals surface area contributed by atoms with E-state index in [0.29, 0.717) is 12.1 Å². The Balaban J connectivity index is 1.96. The van der Waals surface area contributed by atoms with E-state index in [0.717, 1.165) is 5.56 Å². The van der Waals surface area contributed by atoms with Crippen LogP contribution in [-0.4, -0.2) is 29.4 Å². The van der Waals surface area contributed by atoms with Crippen molar-refractivity contribution in [3.63, 3.8) is 0 Å². The number of rotatable bonds is 1. The molecule has 1 atom stereocenters. The van der Waals surface area contributed by atoms with Gasteiger partial charge in [-0.15, -0.1) is 0 Å². The van der Waals surface area contributed by atoms with Crippen molar-refractivity contribution in [1.29, 1.82) is 5.26 Å². The smallest absolute Gasteiger partial charge is 0.303 e. The molecule has 3 amide bonds. The molecule has 1 aliphatic rings. The molecule has 0 aliphatic carbocycles. The second kappa shape index (κ2) is 4.26. The minimum atomic E-state index is -0.512. The van der Waals surface area contributed by atoms with Gasteiger partial charge in [-0.05, 0) is 19.1 Å². The predicted molar refractivity (Wildman–Crippen MR) is 60.1 cm³/mol. The number of nitriles is 1. The molecule has 1 aromatic rings. The summed E-state index contributed by atoms with van der Waals surface area (Å²) >= 11 is 0. The number of benzene rings is 1. The van der Waals surface area contributed by atoms with Gasteiger partial charge < -0.3 is 4.90 Å². The van der Waals surface area contributed by atoms with E-state index >= 15 is 0 Å². The number of nitrogens with zero attached hydrogens (tertiary/aromatic N) is 2. The number of urea groups is 1. The van der Waals surface area contributed by atoms with Crippen molar-refractivity contribution in [2.45, 2.75) is 13.0 Å². The number of nitrogens with one attached hydrogen (secondary N) is 1. The van der Waals surface area contributed by atoms with Gasteiger partial charge in [-0.1, -0.05) is 17.7 Å². The maximum atomic E-state index is 11.7. The van der Waals surface area contributed by atoms with E-state index in [9.17, 15) is 9.59 Å². The van der Waals surface area contributed by atoms with Crippen molar-refractivity contribution in [3.8, 4) is 6.07 Å². The zero-order chi connectivity index (χ0) is 12.4. The summed E-state index contributed by atoms with van der Waals surface area (Å²) in [6, 6.07) is 7.95. The Morgan fingerprint density at radius 2 is 2.06 bits per heavy atom. The fourth-order valence-corrected chi connectivity index (χ4v) is 1.42. The second-order valence-electron chi connectivity index (χ2n) is 3.92. The third-order valence-corrected chi connectivity index (χ3v) is 2.56. The average molecular weight is 229 g/mol. The minimum absolute atomic E-state index is 0.388. The van der Waals surface area contributed by atoms with E-state index < -0.39 is 11.9 Å². The van der Waals surface area contributed by atoms with Gasteiger partial charge in [0.25, 0.3) is 5.91 Å². The highest BCUT2D eigenvalue weighted by Gasteiger charge is 2.39. The lowest BCUT2D eigenvalue weighted by Crippen LogP contribution is -2.34. The molecular weight excluding hydrogens is 218 g/mol. The fourth-order valence-electron chi connectivity index (χ4n) is 1.42. The van der Waals surface area contributed by atoms with Crippen LogP contribution in [-0.2, 0) is 0 Å². The molecule has 0 spiro atoms. The van der Waals surface area contributed by atoms with Gasteiger partial charge in [0.05, 0.1) is 12.6 Å². The molecule has 0 aromatic heterocycles. The largest absolute Gasteiger partial charge is 0.325 e. The highest BCUT2D eigenvalue weighted by Crippen LogP contribution is 2.15. The number of carbonyl (C=O) groups is 2. The molecule has 2 rings (SSSR count). The number of amides is 3. The molecule has 0 bridgehead atoms. The average Bonchev–Trinajstić information content (AvgIpc) is 3.09. The summed E-state index contributed by atoms with van der Waals surface area (Å²) in [7, 11) is 0. The lowest BCUT2D eigenvalue weighted by atomic mass is 10.1. The third-order valence-electron chi connectivity index (χ3n) is 2.56. The predicted octanol–water partition coefficient (Wildman–Crippen LogP) is 1.05. The second-order valence-corrected chi connectivity index (χ2v) is 3.92. The highest BCUT2D eigenvalue weighted by molar-refractivity contribution is 6.04. The van der Waals surface area contributed by atoms with Gasteiger partial charge in [0, 0.05) is 5.56 Å². The van der Waals surface area contributed by atoms with Gasteiger partial charge in [-0.2, -0.15) is 5.26 Å². The molecule has 1 N–H and O–H groups in total. The Bertz CT molecular complexity index is 501. The van der Waals surface area contributed by atoms with Crippen LogP contribution in [0.2, 0.25) is 0 Å². The van der Waals surface area contributed by atoms with Crippen molar-refractivity contribution < 1.29 is 9.59 Å². The molecule has 0 radical (unpaired) electrons. The first kappa shape index (κ1) is 11.1. The van der Waals surface area contributed by atoms with Gasteiger partial charge in [0.15, 0.2) is 0 Å². The van der Waals surface area contributed by atoms with Gasteiger partial charge in [0.1, 0.15) is 6.04 Å². The van der Waals surface area contributed by atoms with Crippen LogP contribution in [0.4, 0.5) is 4.79 Å². The first-order chi connectivity index (χ1) is 8.11. The Morgan fingerprint density at radius 1 is 1.41 bits per heavy atom. The van der Waals surface area contributed by atoms with Gasteiger partial charge in [-0.25, -0.2) is 4.79 Å². The van der Waals surface area contributed by atoms with Gasteiger partial charge >= 0.3 is 6.03 Å². The van der Waals surface area contributed by atoms with Crippen molar-refractivity contribution in [1.82, 2.24) is 10.2 Å². The third kappa shape index (κ3) is 2.42. The maximum Gasteiger partial charge on any atom is 0.325 e. The zero-order valence-electron chi connectivity index (χ0n) is 9.30. The van der Waals surface area contributed by atoms with Gasteiger partial charge in [-0.3, -0.25) is 10.1 Å². The van der Waals surface area contributed by atoms with Crippen molar-refractivity contribution in [2.75, 3.05) is 6.54 Å². The Kier molecular flexibility index (Phi) is 2.79. The number of carbonyl (C=O) groups excluding carboxylic acids is 2. The van der Waals surface area contributed by atoms with Crippen LogP contribution in [0.1, 0.15) is 15.9 Å². The first-order valence-electron chi connectivity index (χ1n) is 5.20. The normalized spacial score (nSPS) is 17.2. The molecule has 1 unspecified atom stereocenters. The molecule has 1 fully saturated rings. The SMILES string of the molecule is Cc1ccc(C(=O)NC(=O)N2CC2C#N)cc1. The lowest BCUT2D eigenvalue weighted by molar-refractivity contribution is 0.0960. The van der Waals surface area contributed by atoms with E-state index in [2.05, 4.69) is 5.32 Å². The molecule has 5 heteroatoms. The van der Waals surface area contributed by atoms with Crippen LogP contribution in [0, 0.1) is 18.3 Å². The van der Waals surface area contributed by atoms with Crippen LogP contribution in [0.3, 0.4) is 0 Å². The van der Waals surface area contributed by atoms with E-state index in [4.69, 9.17) is 5.26 Å². The fraction of sp³-hybridized carbons (Fsp3) is 0.250. The molecule has 1 aromatic carbocycles. The molecule has 1 aliphatic heterocycles. The van der Waals surface area contributed by atoms with Gasteiger partial charge in [0.2, 0.25) is 0 Å². The van der Waals surface area contributed by atoms with Crippen LogP contribution in [0.25, 0.3) is 0 Å². The summed E-state index contributed by atoms with van der Waals surface area (Å²) in [6.07, 6.45) is 0. The Labute approximate surface area is 98.6 Å². The summed E-state index contributed by atoms with van der Waals surface area (Å²) in [5.41, 5.74) is 1.47. The number of hydrogen-bond donors (Lipinski definition) is 1. The molecule has 0 saturated carbocycles. The van der Waals surface area contributed by atoms with E-state index in [1.807, 2.05) is 13.0 Å². The van der Waals surface area contributed by atoms with Crippen molar-refractivity contribution in [3.05, 3.63) is 35.4 Å². The monoisotopic (exact) mass is 229 g/mol. The van der Waals surface area contributed by atoms with Crippen molar-refractivity contribution in [2.24, 2.45) is 0 Å². The topological polar surface area (TPSA) is 73.0 Å². The van der Waals surface area contributed by atoms with E-state index in [-0.39, 0.29) is 6.04 Å². The summed E-state index contributed by atoms with van der Waals surface area (Å²) in [4.78, 5) is 24.4. The minimum Gasteiger partial charge on any atom is -0.303 e. The van der Waals surface area contributed by atoms with Crippen LogP contribution in [0.5, 0.6) is 0 Å². The molecule has 86 valence electrons. The quantitative estimate of drug-likeness (QED) is 0.731. The lowest BCUT2D eigenvalue weighted by Gasteiger charge is -2.04. The molecule has 5 nitrogen and oxygen atoms in total. The number of hydrogen-bond acceptors (Lipinski definition) is 3. The summed E-state index contributed by atoms with van der Waals surface area (Å²) in [5.74, 6) is -0.446. The van der Waals surface area contributed by atoms with E-state index in [1.54, 1.807) is 24.3 Å². The molecule has 17 heavy (non-hydrogen) atoms. The summed E-state index contributed by atoms with van der Waals surface area (Å²) in [5, 5.41) is 10.8. The van der Waals surface area contributed by atoms with Crippen molar-refractivity contribution >= 4 is 11.9 Å². The molecule has 1 saturated heterocycles. The summed E-state index contributed by atoms with van der Waals surface area (Å²) in [6.45, 7) is 2.31. The zero-order valence-corrected chi connectivity index (χ0v) is 9.30. The molecule has 1 heterocycles. The highest BCUT2D eigenvalue weighted by atomic mass is 16.2. The number of aryl methyl sites for hydroxylation is 1. The Hall–Kier alpha value is -2.35. The summed E-state index contributed by atoms with van der Waals surface area (Å²) < 4.78 is 0. The van der Waals surface area contributed by atoms with Crippen LogP contribution < -0.4 is 5.32 Å². The number of imide groups is 1. The van der Waals surface area contributed by atoms with E-state index in [1.165, 1.54) is 4.90 Å². The Morgan fingerprint density at radius 3 is 2.59 bits per heavy atom. The first-order valence-corrected chi connectivity index (χ1v) is 5.20. The van der Waals surface area contributed by atoms with Crippen LogP contribution in [0.15, 0.2) is 24.3 Å². The molecular formula is C12H11N3O2.